The second-order valence-corrected chi connectivity index (χ2v) is 4.98. The van der Waals surface area contributed by atoms with E-state index in [2.05, 4.69) is 5.32 Å². The summed E-state index contributed by atoms with van der Waals surface area (Å²) in [4.78, 5) is 13.7. The number of nitrogens with one attached hydrogen (secondary N) is 1. The van der Waals surface area contributed by atoms with Gasteiger partial charge in [-0.15, -0.1) is 0 Å². The molecule has 0 spiro atoms. The molecule has 104 valence electrons. The van der Waals surface area contributed by atoms with Crippen LogP contribution in [0, 0.1) is 5.92 Å². The van der Waals surface area contributed by atoms with Gasteiger partial charge in [-0.3, -0.25) is 4.79 Å². The smallest absolute Gasteiger partial charge is 0.261 e. The van der Waals surface area contributed by atoms with E-state index in [1.807, 2.05) is 4.90 Å². The number of ether oxygens (including phenoxy) is 1. The van der Waals surface area contributed by atoms with Gasteiger partial charge >= 0.3 is 0 Å². The molecule has 0 bridgehead atoms. The van der Waals surface area contributed by atoms with Crippen LogP contribution in [0.15, 0.2) is 0 Å². The van der Waals surface area contributed by atoms with Crippen molar-refractivity contribution in [3.63, 3.8) is 0 Å². The van der Waals surface area contributed by atoms with Crippen molar-refractivity contribution >= 4 is 5.91 Å². The van der Waals surface area contributed by atoms with Gasteiger partial charge in [0.25, 0.3) is 6.43 Å². The second-order valence-electron chi connectivity index (χ2n) is 4.98. The molecule has 4 nitrogen and oxygen atoms in total. The molecule has 0 aromatic rings. The fraction of sp³-hybridized carbons (Fsp3) is 0.917. The molecule has 0 aromatic heterocycles. The maximum absolute atomic E-state index is 11.9. The summed E-state index contributed by atoms with van der Waals surface area (Å²) in [6.45, 7) is 2.08. The maximum atomic E-state index is 11.9. The Morgan fingerprint density at radius 1 is 1.44 bits per heavy atom. The number of fused-ring (bicyclic) bond motifs is 1. The van der Waals surface area contributed by atoms with Crippen LogP contribution in [0.4, 0.5) is 8.78 Å². The summed E-state index contributed by atoms with van der Waals surface area (Å²) in [5.74, 6) is 0.574. The van der Waals surface area contributed by atoms with Crippen molar-refractivity contribution in [1.82, 2.24) is 10.2 Å². The highest BCUT2D eigenvalue weighted by atomic mass is 19.3. The van der Waals surface area contributed by atoms with Gasteiger partial charge in [0.05, 0.1) is 13.0 Å². The molecule has 6 heteroatoms. The highest BCUT2D eigenvalue weighted by Crippen LogP contribution is 2.25. The van der Waals surface area contributed by atoms with Gasteiger partial charge in [-0.2, -0.15) is 0 Å². The molecular formula is C12H20F2N2O2. The van der Waals surface area contributed by atoms with Crippen LogP contribution >= 0.6 is 0 Å². The van der Waals surface area contributed by atoms with Crippen molar-refractivity contribution in [3.8, 4) is 0 Å². The lowest BCUT2D eigenvalue weighted by Gasteiger charge is -2.24. The van der Waals surface area contributed by atoms with E-state index in [4.69, 9.17) is 4.74 Å². The molecule has 18 heavy (non-hydrogen) atoms. The van der Waals surface area contributed by atoms with E-state index >= 15 is 0 Å². The zero-order valence-electron chi connectivity index (χ0n) is 10.4. The van der Waals surface area contributed by atoms with Gasteiger partial charge < -0.3 is 15.0 Å². The molecule has 2 heterocycles. The Balaban J connectivity index is 1.67. The molecule has 1 N–H and O–H groups in total. The number of hydrogen-bond acceptors (Lipinski definition) is 3. The molecule has 0 saturated carbocycles. The van der Waals surface area contributed by atoms with Crippen molar-refractivity contribution < 1.29 is 18.3 Å². The Bertz CT molecular complexity index is 275. The Kier molecular flexibility index (Phi) is 4.88. The van der Waals surface area contributed by atoms with E-state index in [-0.39, 0.29) is 18.9 Å². The summed E-state index contributed by atoms with van der Waals surface area (Å²) in [6, 6.07) is 0.421. The SMILES string of the molecule is O=C(CCOCC(F)F)N1C[C@@H]2CCCN[C@@H]2C1. The summed E-state index contributed by atoms with van der Waals surface area (Å²) in [7, 11) is 0. The zero-order valence-corrected chi connectivity index (χ0v) is 10.4. The number of amides is 1. The van der Waals surface area contributed by atoms with Crippen LogP contribution < -0.4 is 5.32 Å². The molecule has 2 atom stereocenters. The molecule has 2 saturated heterocycles. The van der Waals surface area contributed by atoms with Gasteiger partial charge in [0.2, 0.25) is 5.91 Å². The monoisotopic (exact) mass is 262 g/mol. The summed E-state index contributed by atoms with van der Waals surface area (Å²) >= 11 is 0. The summed E-state index contributed by atoms with van der Waals surface area (Å²) in [5, 5.41) is 3.42. The van der Waals surface area contributed by atoms with Crippen LogP contribution in [-0.4, -0.2) is 56.1 Å². The Morgan fingerprint density at radius 2 is 2.28 bits per heavy atom. The number of piperidine rings is 1. The normalized spacial score (nSPS) is 27.6. The van der Waals surface area contributed by atoms with Crippen molar-refractivity contribution in [3.05, 3.63) is 0 Å². The lowest BCUT2D eigenvalue weighted by atomic mass is 9.94. The number of alkyl halides is 2. The molecule has 1 amide bonds. The maximum Gasteiger partial charge on any atom is 0.261 e. The Labute approximate surface area is 106 Å². The highest BCUT2D eigenvalue weighted by molar-refractivity contribution is 5.76. The first-order valence-corrected chi connectivity index (χ1v) is 6.54. The summed E-state index contributed by atoms with van der Waals surface area (Å²) < 4.78 is 28.4. The molecule has 2 fully saturated rings. The summed E-state index contributed by atoms with van der Waals surface area (Å²) in [5.41, 5.74) is 0. The number of hydrogen-bond donors (Lipinski definition) is 1. The third-order valence-corrected chi connectivity index (χ3v) is 3.66. The van der Waals surface area contributed by atoms with Crippen LogP contribution in [0.2, 0.25) is 0 Å². The number of carbonyl (C=O) groups excluding carboxylic acids is 1. The average Bonchev–Trinajstić information content (AvgIpc) is 2.78. The molecule has 0 radical (unpaired) electrons. The molecule has 0 unspecified atom stereocenters. The number of carbonyl (C=O) groups is 1. The topological polar surface area (TPSA) is 41.6 Å². The van der Waals surface area contributed by atoms with Gasteiger partial charge in [-0.1, -0.05) is 0 Å². The third-order valence-electron chi connectivity index (χ3n) is 3.66. The summed E-state index contributed by atoms with van der Waals surface area (Å²) in [6.07, 6.45) is 0.0786. The van der Waals surface area contributed by atoms with Crippen molar-refractivity contribution in [2.24, 2.45) is 5.92 Å². The van der Waals surface area contributed by atoms with Gasteiger partial charge in [-0.05, 0) is 25.3 Å². The number of likely N-dealkylation sites (tertiary alicyclic amines) is 1. The van der Waals surface area contributed by atoms with Gasteiger partial charge in [-0.25, -0.2) is 8.78 Å². The number of nitrogens with zero attached hydrogens (tertiary/aromatic N) is 1. The molecule has 0 aromatic carbocycles. The van der Waals surface area contributed by atoms with E-state index in [9.17, 15) is 13.6 Å². The van der Waals surface area contributed by atoms with E-state index < -0.39 is 13.0 Å². The van der Waals surface area contributed by atoms with Crippen LogP contribution in [0.3, 0.4) is 0 Å². The van der Waals surface area contributed by atoms with Crippen LogP contribution in [-0.2, 0) is 9.53 Å². The molecule has 2 aliphatic heterocycles. The minimum absolute atomic E-state index is 0.0143. The van der Waals surface area contributed by atoms with E-state index in [0.717, 1.165) is 19.6 Å². The van der Waals surface area contributed by atoms with Gasteiger partial charge in [0, 0.05) is 19.1 Å². The highest BCUT2D eigenvalue weighted by Gasteiger charge is 2.35. The van der Waals surface area contributed by atoms with E-state index in [1.54, 1.807) is 0 Å². The van der Waals surface area contributed by atoms with Crippen molar-refractivity contribution in [2.45, 2.75) is 31.7 Å². The third kappa shape index (κ3) is 3.62. The first kappa shape index (κ1) is 13.7. The largest absolute Gasteiger partial charge is 0.375 e. The van der Waals surface area contributed by atoms with E-state index in [1.165, 1.54) is 12.8 Å². The second kappa shape index (κ2) is 6.43. The van der Waals surface area contributed by atoms with Crippen molar-refractivity contribution in [1.29, 1.82) is 0 Å². The first-order chi connectivity index (χ1) is 8.66. The fourth-order valence-corrected chi connectivity index (χ4v) is 2.74. The Morgan fingerprint density at radius 3 is 3.00 bits per heavy atom. The average molecular weight is 262 g/mol. The molecular weight excluding hydrogens is 242 g/mol. The number of rotatable bonds is 5. The van der Waals surface area contributed by atoms with Gasteiger partial charge in [0.1, 0.15) is 6.61 Å². The van der Waals surface area contributed by atoms with E-state index in [0.29, 0.717) is 12.0 Å². The van der Waals surface area contributed by atoms with Crippen LogP contribution in [0.25, 0.3) is 0 Å². The Hall–Kier alpha value is -0.750. The molecule has 2 rings (SSSR count). The molecule has 2 aliphatic rings. The zero-order chi connectivity index (χ0) is 13.0. The quantitative estimate of drug-likeness (QED) is 0.747. The van der Waals surface area contributed by atoms with Crippen molar-refractivity contribution in [2.75, 3.05) is 32.8 Å². The minimum atomic E-state index is -2.46. The minimum Gasteiger partial charge on any atom is -0.375 e. The lowest BCUT2D eigenvalue weighted by molar-refractivity contribution is -0.131. The number of halogens is 2. The molecule has 0 aliphatic carbocycles. The van der Waals surface area contributed by atoms with Crippen LogP contribution in [0.5, 0.6) is 0 Å². The standard InChI is InChI=1S/C12H20F2N2O2/c13-11(14)8-18-5-3-12(17)16-6-9-2-1-4-15-10(9)7-16/h9-11,15H,1-8H2/t9-,10+/m0/s1. The van der Waals surface area contributed by atoms with Gasteiger partial charge in [0.15, 0.2) is 0 Å². The fourth-order valence-electron chi connectivity index (χ4n) is 2.74. The predicted molar refractivity (Wildman–Crippen MR) is 62.5 cm³/mol. The lowest BCUT2D eigenvalue weighted by Crippen LogP contribution is -2.41. The first-order valence-electron chi connectivity index (χ1n) is 6.54. The predicted octanol–water partition coefficient (Wildman–Crippen LogP) is 0.869. The van der Waals surface area contributed by atoms with Crippen LogP contribution in [0.1, 0.15) is 19.3 Å².